The lowest BCUT2D eigenvalue weighted by Crippen LogP contribution is -2.29. The van der Waals surface area contributed by atoms with Crippen molar-refractivity contribution in [3.8, 4) is 5.75 Å². The van der Waals surface area contributed by atoms with E-state index in [2.05, 4.69) is 5.32 Å². The summed E-state index contributed by atoms with van der Waals surface area (Å²) in [6.45, 7) is 0.537. The normalized spacial score (nSPS) is 17.8. The second-order valence-electron chi connectivity index (χ2n) is 6.45. The summed E-state index contributed by atoms with van der Waals surface area (Å²) in [5.74, 6) is 0.166. The topological polar surface area (TPSA) is 83.1 Å². The fourth-order valence-corrected chi connectivity index (χ4v) is 3.18. The number of rotatable bonds is 6. The van der Waals surface area contributed by atoms with Crippen molar-refractivity contribution in [2.75, 3.05) is 26.1 Å². The summed E-state index contributed by atoms with van der Waals surface area (Å²) in [5, 5.41) is 2.71. The van der Waals surface area contributed by atoms with Crippen LogP contribution in [0.25, 0.3) is 0 Å². The molecule has 0 saturated heterocycles. The molecule has 2 unspecified atom stereocenters. The van der Waals surface area contributed by atoms with Gasteiger partial charge in [0.15, 0.2) is 0 Å². The molecule has 2 atom stereocenters. The van der Waals surface area contributed by atoms with Crippen LogP contribution >= 0.6 is 0 Å². The second-order valence-corrected chi connectivity index (χ2v) is 6.45. The number of anilines is 1. The molecule has 0 radical (unpaired) electrons. The molecule has 7 nitrogen and oxygen atoms in total. The van der Waals surface area contributed by atoms with Gasteiger partial charge in [0.2, 0.25) is 0 Å². The number of methoxy groups -OCH3 is 2. The lowest BCUT2D eigenvalue weighted by atomic mass is 9.90. The van der Waals surface area contributed by atoms with Gasteiger partial charge in [-0.2, -0.15) is 0 Å². The third-order valence-electron chi connectivity index (χ3n) is 4.57. The quantitative estimate of drug-likeness (QED) is 0.764. The second kappa shape index (κ2) is 9.23. The Balaban J connectivity index is 1.67. The lowest BCUT2D eigenvalue weighted by molar-refractivity contribution is -0.144. The van der Waals surface area contributed by atoms with Gasteiger partial charge in [-0.3, -0.25) is 10.1 Å². The van der Waals surface area contributed by atoms with Crippen LogP contribution in [0.1, 0.15) is 23.7 Å². The van der Waals surface area contributed by atoms with E-state index in [1.807, 2.05) is 30.3 Å². The zero-order valence-corrected chi connectivity index (χ0v) is 15.8. The molecule has 0 spiro atoms. The molecule has 1 aliphatic heterocycles. The summed E-state index contributed by atoms with van der Waals surface area (Å²) in [5.41, 5.74) is 2.23. The number of carbonyl (C=O) groups excluding carboxylic acids is 2. The molecule has 2 aromatic carbocycles. The summed E-state index contributed by atoms with van der Waals surface area (Å²) in [6, 6.07) is 14.7. The van der Waals surface area contributed by atoms with Crippen molar-refractivity contribution in [2.45, 2.75) is 19.1 Å². The number of nitrogens with one attached hydrogen (secondary N) is 1. The van der Waals surface area contributed by atoms with Gasteiger partial charge in [0, 0.05) is 24.3 Å². The Morgan fingerprint density at radius 1 is 1.14 bits per heavy atom. The predicted molar refractivity (Wildman–Crippen MR) is 102 cm³/mol. The molecule has 0 bridgehead atoms. The Hall–Kier alpha value is -3.06. The van der Waals surface area contributed by atoms with Crippen LogP contribution in [-0.4, -0.2) is 32.9 Å². The molecular weight excluding hydrogens is 362 g/mol. The van der Waals surface area contributed by atoms with Crippen molar-refractivity contribution in [3.63, 3.8) is 0 Å². The molecule has 0 fully saturated rings. The van der Waals surface area contributed by atoms with Crippen LogP contribution in [0.5, 0.6) is 5.75 Å². The van der Waals surface area contributed by atoms with Gasteiger partial charge in [0.25, 0.3) is 0 Å². The molecule has 3 rings (SSSR count). The van der Waals surface area contributed by atoms with Gasteiger partial charge < -0.3 is 18.9 Å². The Labute approximate surface area is 163 Å². The van der Waals surface area contributed by atoms with Gasteiger partial charge in [0.05, 0.1) is 26.2 Å². The highest BCUT2D eigenvalue weighted by Crippen LogP contribution is 2.40. The van der Waals surface area contributed by atoms with Crippen LogP contribution in [0, 0.1) is 5.92 Å². The van der Waals surface area contributed by atoms with Crippen LogP contribution < -0.4 is 10.1 Å². The van der Waals surface area contributed by atoms with Gasteiger partial charge >= 0.3 is 12.1 Å². The highest BCUT2D eigenvalue weighted by Gasteiger charge is 2.33. The maximum atomic E-state index is 12.1. The maximum absolute atomic E-state index is 12.1. The van der Waals surface area contributed by atoms with Crippen molar-refractivity contribution in [1.29, 1.82) is 0 Å². The van der Waals surface area contributed by atoms with Gasteiger partial charge in [0.1, 0.15) is 12.4 Å². The summed E-state index contributed by atoms with van der Waals surface area (Å²) in [4.78, 5) is 23.7. The zero-order chi connectivity index (χ0) is 19.9. The molecule has 0 aromatic heterocycles. The fourth-order valence-electron chi connectivity index (χ4n) is 3.18. The van der Waals surface area contributed by atoms with Crippen molar-refractivity contribution >= 4 is 17.7 Å². The number of esters is 1. The molecule has 1 amide bonds. The molecule has 1 heterocycles. The number of hydrogen-bond acceptors (Lipinski definition) is 6. The fraction of sp³-hybridized carbons (Fsp3) is 0.333. The molecule has 148 valence electrons. The molecule has 1 N–H and O–H groups in total. The van der Waals surface area contributed by atoms with Crippen LogP contribution in [0.2, 0.25) is 0 Å². The van der Waals surface area contributed by atoms with Gasteiger partial charge in [-0.05, 0) is 23.8 Å². The molecule has 2 aromatic rings. The Morgan fingerprint density at radius 3 is 2.64 bits per heavy atom. The molecule has 7 heteroatoms. The summed E-state index contributed by atoms with van der Waals surface area (Å²) < 4.78 is 21.4. The average molecular weight is 385 g/mol. The zero-order valence-electron chi connectivity index (χ0n) is 15.8. The van der Waals surface area contributed by atoms with Crippen molar-refractivity contribution < 1.29 is 28.5 Å². The lowest BCUT2D eigenvalue weighted by Gasteiger charge is -2.32. The number of hydrogen-bond donors (Lipinski definition) is 1. The van der Waals surface area contributed by atoms with E-state index in [1.54, 1.807) is 25.3 Å². The summed E-state index contributed by atoms with van der Waals surface area (Å²) >= 11 is 0. The van der Waals surface area contributed by atoms with E-state index in [0.717, 1.165) is 11.1 Å². The van der Waals surface area contributed by atoms with Gasteiger partial charge in [-0.1, -0.05) is 30.3 Å². The van der Waals surface area contributed by atoms with E-state index >= 15 is 0 Å². The van der Waals surface area contributed by atoms with Crippen LogP contribution in [-0.2, 0) is 25.6 Å². The first kappa shape index (κ1) is 19.7. The first-order valence-corrected chi connectivity index (χ1v) is 8.94. The van der Waals surface area contributed by atoms with E-state index < -0.39 is 6.09 Å². The van der Waals surface area contributed by atoms with Crippen LogP contribution in [0.15, 0.2) is 48.5 Å². The largest absolute Gasteiger partial charge is 0.493 e. The van der Waals surface area contributed by atoms with E-state index in [0.29, 0.717) is 18.0 Å². The molecule has 1 aliphatic rings. The number of fused-ring (bicyclic) bond motifs is 1. The summed E-state index contributed by atoms with van der Waals surface area (Å²) in [7, 11) is 2.93. The molecule has 28 heavy (non-hydrogen) atoms. The molecule has 0 saturated carbocycles. The minimum Gasteiger partial charge on any atom is -0.493 e. The number of amides is 1. The Kier molecular flexibility index (Phi) is 6.49. The van der Waals surface area contributed by atoms with Gasteiger partial charge in [-0.15, -0.1) is 0 Å². The number of carbonyl (C=O) groups is 2. The van der Waals surface area contributed by atoms with E-state index in [9.17, 15) is 9.59 Å². The van der Waals surface area contributed by atoms with Crippen LogP contribution in [0.3, 0.4) is 0 Å². The predicted octanol–water partition coefficient (Wildman–Crippen LogP) is 3.69. The van der Waals surface area contributed by atoms with E-state index in [4.69, 9.17) is 18.9 Å². The minimum absolute atomic E-state index is 0.176. The average Bonchev–Trinajstić information content (AvgIpc) is 2.72. The molecular formula is C21H23NO6. The highest BCUT2D eigenvalue weighted by molar-refractivity contribution is 5.85. The number of benzene rings is 2. The summed E-state index contributed by atoms with van der Waals surface area (Å²) in [6.07, 6.45) is -0.712. The SMILES string of the molecule is COC(=O)CC1COc2ccc(NC(=O)OCc3ccccc3)cc2C1OC. The van der Waals surface area contributed by atoms with E-state index in [-0.39, 0.29) is 31.0 Å². The Morgan fingerprint density at radius 2 is 1.93 bits per heavy atom. The Bertz CT molecular complexity index is 823. The first-order valence-electron chi connectivity index (χ1n) is 8.94. The standard InChI is InChI=1S/C21H23NO6/c1-25-19(23)10-15-13-27-18-9-8-16(11-17(18)20(15)26-2)22-21(24)28-12-14-6-4-3-5-7-14/h3-9,11,15,20H,10,12-13H2,1-2H3,(H,22,24). The number of ether oxygens (including phenoxy) is 4. The van der Waals surface area contributed by atoms with Crippen molar-refractivity contribution in [2.24, 2.45) is 5.92 Å². The van der Waals surface area contributed by atoms with Crippen molar-refractivity contribution in [3.05, 3.63) is 59.7 Å². The van der Waals surface area contributed by atoms with E-state index in [1.165, 1.54) is 7.11 Å². The maximum Gasteiger partial charge on any atom is 0.411 e. The highest BCUT2D eigenvalue weighted by atomic mass is 16.5. The third-order valence-corrected chi connectivity index (χ3v) is 4.57. The van der Waals surface area contributed by atoms with Crippen LogP contribution in [0.4, 0.5) is 10.5 Å². The van der Waals surface area contributed by atoms with Gasteiger partial charge in [-0.25, -0.2) is 4.79 Å². The smallest absolute Gasteiger partial charge is 0.411 e. The molecule has 0 aliphatic carbocycles. The third kappa shape index (κ3) is 4.80. The minimum atomic E-state index is -0.555. The first-order chi connectivity index (χ1) is 13.6. The van der Waals surface area contributed by atoms with Crippen molar-refractivity contribution in [1.82, 2.24) is 0 Å². The monoisotopic (exact) mass is 385 g/mol.